The van der Waals surface area contributed by atoms with Crippen LogP contribution >= 0.6 is 11.8 Å². The van der Waals surface area contributed by atoms with Crippen molar-refractivity contribution in [2.45, 2.75) is 18.2 Å². The molecule has 1 N–H and O–H groups in total. The van der Waals surface area contributed by atoms with Crippen LogP contribution in [0.3, 0.4) is 0 Å². The number of ether oxygens (including phenoxy) is 1. The Kier molecular flexibility index (Phi) is 5.28. The average Bonchev–Trinajstić information content (AvgIpc) is 2.54. The molecule has 4 heteroatoms. The van der Waals surface area contributed by atoms with Gasteiger partial charge in [-0.15, -0.1) is 11.8 Å². The predicted molar refractivity (Wildman–Crippen MR) is 88.5 cm³/mol. The molecule has 110 valence electrons. The molecule has 2 aromatic carbocycles. The van der Waals surface area contributed by atoms with Gasteiger partial charge in [-0.3, -0.25) is 4.79 Å². The SMILES string of the molecule is CCc1ccc(NC(=O)c2ccc(SC)cc2OC)cc1. The molecule has 0 fully saturated rings. The zero-order valence-electron chi connectivity index (χ0n) is 12.5. The molecule has 0 aromatic heterocycles. The van der Waals surface area contributed by atoms with Crippen molar-refractivity contribution in [3.05, 3.63) is 53.6 Å². The van der Waals surface area contributed by atoms with Crippen LogP contribution in [0.25, 0.3) is 0 Å². The fourth-order valence-electron chi connectivity index (χ4n) is 2.01. The predicted octanol–water partition coefficient (Wildman–Crippen LogP) is 4.23. The van der Waals surface area contributed by atoms with Crippen molar-refractivity contribution < 1.29 is 9.53 Å². The number of carbonyl (C=O) groups is 1. The zero-order valence-corrected chi connectivity index (χ0v) is 13.3. The van der Waals surface area contributed by atoms with Gasteiger partial charge in [0.25, 0.3) is 5.91 Å². The maximum absolute atomic E-state index is 12.3. The molecule has 0 spiro atoms. The minimum absolute atomic E-state index is 0.163. The first kappa shape index (κ1) is 15.4. The fourth-order valence-corrected chi connectivity index (χ4v) is 2.44. The molecular weight excluding hydrogens is 282 g/mol. The van der Waals surface area contributed by atoms with Crippen molar-refractivity contribution in [3.8, 4) is 5.75 Å². The van der Waals surface area contributed by atoms with Crippen molar-refractivity contribution in [1.29, 1.82) is 0 Å². The Hall–Kier alpha value is -1.94. The summed E-state index contributed by atoms with van der Waals surface area (Å²) in [5.74, 6) is 0.424. The van der Waals surface area contributed by atoms with E-state index in [4.69, 9.17) is 4.74 Å². The number of hydrogen-bond acceptors (Lipinski definition) is 3. The lowest BCUT2D eigenvalue weighted by molar-refractivity contribution is 0.102. The Balaban J connectivity index is 2.19. The molecule has 0 radical (unpaired) electrons. The Labute approximate surface area is 129 Å². The molecule has 0 aliphatic rings. The van der Waals surface area contributed by atoms with Crippen LogP contribution in [-0.4, -0.2) is 19.3 Å². The third-order valence-electron chi connectivity index (χ3n) is 3.27. The molecule has 0 heterocycles. The first-order chi connectivity index (χ1) is 10.2. The van der Waals surface area contributed by atoms with Crippen molar-refractivity contribution in [1.82, 2.24) is 0 Å². The monoisotopic (exact) mass is 301 g/mol. The average molecular weight is 301 g/mol. The number of rotatable bonds is 5. The molecule has 0 saturated heterocycles. The topological polar surface area (TPSA) is 38.3 Å². The van der Waals surface area contributed by atoms with Gasteiger partial charge in [0.2, 0.25) is 0 Å². The van der Waals surface area contributed by atoms with E-state index in [2.05, 4.69) is 12.2 Å². The lowest BCUT2D eigenvalue weighted by Crippen LogP contribution is -2.13. The highest BCUT2D eigenvalue weighted by Gasteiger charge is 2.13. The van der Waals surface area contributed by atoms with E-state index in [-0.39, 0.29) is 5.91 Å². The van der Waals surface area contributed by atoms with Crippen LogP contribution in [-0.2, 0) is 6.42 Å². The highest BCUT2D eigenvalue weighted by molar-refractivity contribution is 7.98. The lowest BCUT2D eigenvalue weighted by atomic mass is 10.1. The van der Waals surface area contributed by atoms with Gasteiger partial charge in [-0.2, -0.15) is 0 Å². The maximum atomic E-state index is 12.3. The van der Waals surface area contributed by atoms with Crippen LogP contribution < -0.4 is 10.1 Å². The Morgan fingerprint density at radius 1 is 1.19 bits per heavy atom. The van der Waals surface area contributed by atoms with Crippen LogP contribution in [0.5, 0.6) is 5.75 Å². The minimum Gasteiger partial charge on any atom is -0.496 e. The van der Waals surface area contributed by atoms with Crippen LogP contribution in [0.1, 0.15) is 22.8 Å². The molecule has 0 saturated carbocycles. The summed E-state index contributed by atoms with van der Waals surface area (Å²) in [6.45, 7) is 2.10. The van der Waals surface area contributed by atoms with Gasteiger partial charge in [-0.1, -0.05) is 19.1 Å². The van der Waals surface area contributed by atoms with Gasteiger partial charge in [-0.25, -0.2) is 0 Å². The highest BCUT2D eigenvalue weighted by atomic mass is 32.2. The van der Waals surface area contributed by atoms with E-state index in [0.717, 1.165) is 17.0 Å². The van der Waals surface area contributed by atoms with Crippen LogP contribution in [0.4, 0.5) is 5.69 Å². The Bertz CT molecular complexity index is 623. The summed E-state index contributed by atoms with van der Waals surface area (Å²) in [6, 6.07) is 13.5. The summed E-state index contributed by atoms with van der Waals surface area (Å²) in [5, 5.41) is 2.90. The molecule has 0 atom stereocenters. The Morgan fingerprint density at radius 2 is 1.90 bits per heavy atom. The van der Waals surface area contributed by atoms with E-state index >= 15 is 0 Å². The van der Waals surface area contributed by atoms with E-state index in [1.165, 1.54) is 5.56 Å². The molecule has 1 amide bonds. The van der Waals surface area contributed by atoms with E-state index in [1.54, 1.807) is 24.9 Å². The second kappa shape index (κ2) is 7.18. The van der Waals surface area contributed by atoms with E-state index in [9.17, 15) is 4.79 Å². The van der Waals surface area contributed by atoms with Gasteiger partial charge in [0.05, 0.1) is 12.7 Å². The molecule has 0 aliphatic heterocycles. The van der Waals surface area contributed by atoms with Crippen molar-refractivity contribution >= 4 is 23.4 Å². The lowest BCUT2D eigenvalue weighted by Gasteiger charge is -2.11. The molecule has 21 heavy (non-hydrogen) atoms. The van der Waals surface area contributed by atoms with Crippen LogP contribution in [0.15, 0.2) is 47.4 Å². The zero-order chi connectivity index (χ0) is 15.2. The third-order valence-corrected chi connectivity index (χ3v) is 4.00. The maximum Gasteiger partial charge on any atom is 0.259 e. The number of thioether (sulfide) groups is 1. The van der Waals surface area contributed by atoms with Gasteiger partial charge in [-0.05, 0) is 48.6 Å². The van der Waals surface area contributed by atoms with E-state index < -0.39 is 0 Å². The summed E-state index contributed by atoms with van der Waals surface area (Å²) in [5.41, 5.74) is 2.57. The summed E-state index contributed by atoms with van der Waals surface area (Å²) in [7, 11) is 1.58. The van der Waals surface area contributed by atoms with Gasteiger partial charge in [0, 0.05) is 10.6 Å². The molecule has 0 aliphatic carbocycles. The smallest absolute Gasteiger partial charge is 0.259 e. The van der Waals surface area contributed by atoms with Gasteiger partial charge in [0.15, 0.2) is 0 Å². The molecule has 0 bridgehead atoms. The molecule has 0 unspecified atom stereocenters. The number of amides is 1. The quantitative estimate of drug-likeness (QED) is 0.840. The third kappa shape index (κ3) is 3.79. The number of nitrogens with one attached hydrogen (secondary N) is 1. The minimum atomic E-state index is -0.163. The van der Waals surface area contributed by atoms with E-state index in [1.807, 2.05) is 42.7 Å². The first-order valence-corrected chi connectivity index (χ1v) is 8.02. The number of hydrogen-bond donors (Lipinski definition) is 1. The number of aryl methyl sites for hydroxylation is 1. The van der Waals surface area contributed by atoms with Crippen LogP contribution in [0, 0.1) is 0 Å². The summed E-state index contributed by atoms with van der Waals surface area (Å²) >= 11 is 1.62. The normalized spacial score (nSPS) is 10.2. The summed E-state index contributed by atoms with van der Waals surface area (Å²) in [4.78, 5) is 13.4. The van der Waals surface area contributed by atoms with Gasteiger partial charge < -0.3 is 10.1 Å². The molecule has 3 nitrogen and oxygen atoms in total. The van der Waals surface area contributed by atoms with E-state index in [0.29, 0.717) is 11.3 Å². The second-order valence-electron chi connectivity index (χ2n) is 4.57. The molecular formula is C17H19NO2S. The van der Waals surface area contributed by atoms with Crippen molar-refractivity contribution in [3.63, 3.8) is 0 Å². The fraction of sp³-hybridized carbons (Fsp3) is 0.235. The van der Waals surface area contributed by atoms with Crippen molar-refractivity contribution in [2.75, 3.05) is 18.7 Å². The first-order valence-electron chi connectivity index (χ1n) is 6.80. The summed E-state index contributed by atoms with van der Waals surface area (Å²) < 4.78 is 5.31. The standard InChI is InChI=1S/C17H19NO2S/c1-4-12-5-7-13(8-6-12)18-17(19)15-10-9-14(21-3)11-16(15)20-2/h5-11H,4H2,1-3H3,(H,18,19). The largest absolute Gasteiger partial charge is 0.496 e. The molecule has 2 rings (SSSR count). The number of carbonyl (C=O) groups excluding carboxylic acids is 1. The number of benzene rings is 2. The number of anilines is 1. The van der Waals surface area contributed by atoms with Crippen LogP contribution in [0.2, 0.25) is 0 Å². The van der Waals surface area contributed by atoms with Gasteiger partial charge >= 0.3 is 0 Å². The Morgan fingerprint density at radius 3 is 2.48 bits per heavy atom. The second-order valence-corrected chi connectivity index (χ2v) is 5.45. The van der Waals surface area contributed by atoms with Crippen molar-refractivity contribution in [2.24, 2.45) is 0 Å². The highest BCUT2D eigenvalue weighted by Crippen LogP contribution is 2.26. The summed E-state index contributed by atoms with van der Waals surface area (Å²) in [6.07, 6.45) is 2.97. The molecule has 2 aromatic rings. The number of methoxy groups -OCH3 is 1. The van der Waals surface area contributed by atoms with Gasteiger partial charge in [0.1, 0.15) is 5.75 Å².